The largest absolute Gasteiger partial charge is 0.478 e. The molecule has 0 aliphatic carbocycles. The smallest absolute Gasteiger partial charge is 0.342 e. The standard InChI is InChI=1S/C20H13FN2O7/c21-12-7-10(5-6-11(12)18(25)26)8-1-3-9(4-2-8)13-14(19(27)28)16(22)23-17(24)15(13)20(29)30/h1-7H,(H,25,26)(H,27,28)(H,29,30)(H3,22,23,24). The number of pyridine rings is 1. The van der Waals surface area contributed by atoms with Gasteiger partial charge in [0.05, 0.1) is 5.56 Å². The van der Waals surface area contributed by atoms with Crippen LogP contribution >= 0.6 is 0 Å². The van der Waals surface area contributed by atoms with E-state index in [9.17, 15) is 33.8 Å². The Morgan fingerprint density at radius 3 is 1.83 bits per heavy atom. The number of H-pyrrole nitrogens is 1. The first-order valence-electron chi connectivity index (χ1n) is 8.27. The highest BCUT2D eigenvalue weighted by Crippen LogP contribution is 2.31. The van der Waals surface area contributed by atoms with Crippen LogP contribution in [-0.2, 0) is 0 Å². The zero-order valence-electron chi connectivity index (χ0n) is 15.0. The molecule has 0 spiro atoms. The van der Waals surface area contributed by atoms with Crippen molar-refractivity contribution in [2.75, 3.05) is 5.73 Å². The van der Waals surface area contributed by atoms with Crippen LogP contribution in [0.1, 0.15) is 31.1 Å². The predicted octanol–water partition coefficient (Wildman–Crippen LogP) is 2.52. The average molecular weight is 412 g/mol. The molecule has 2 aromatic carbocycles. The molecule has 152 valence electrons. The molecule has 10 heteroatoms. The van der Waals surface area contributed by atoms with Crippen molar-refractivity contribution < 1.29 is 34.1 Å². The van der Waals surface area contributed by atoms with Crippen LogP contribution < -0.4 is 11.3 Å². The Labute approximate surface area is 166 Å². The van der Waals surface area contributed by atoms with Crippen molar-refractivity contribution in [3.05, 3.63) is 75.3 Å². The maximum atomic E-state index is 13.9. The number of hydrogen-bond donors (Lipinski definition) is 5. The van der Waals surface area contributed by atoms with Crippen LogP contribution in [0.25, 0.3) is 22.3 Å². The van der Waals surface area contributed by atoms with Crippen LogP contribution in [0.4, 0.5) is 10.2 Å². The molecule has 0 bridgehead atoms. The fourth-order valence-electron chi connectivity index (χ4n) is 3.03. The number of anilines is 1. The molecule has 6 N–H and O–H groups in total. The van der Waals surface area contributed by atoms with Gasteiger partial charge < -0.3 is 26.0 Å². The van der Waals surface area contributed by atoms with Gasteiger partial charge in [0.15, 0.2) is 0 Å². The van der Waals surface area contributed by atoms with Gasteiger partial charge in [0.1, 0.15) is 22.8 Å². The fraction of sp³-hybridized carbons (Fsp3) is 0. The van der Waals surface area contributed by atoms with Crippen molar-refractivity contribution in [2.24, 2.45) is 0 Å². The molecule has 3 aromatic rings. The summed E-state index contributed by atoms with van der Waals surface area (Å²) in [5.41, 5.74) is 3.19. The lowest BCUT2D eigenvalue weighted by molar-refractivity contribution is 0.0679. The number of rotatable bonds is 5. The Balaban J connectivity index is 2.17. The Morgan fingerprint density at radius 2 is 1.33 bits per heavy atom. The number of nitrogens with two attached hydrogens (primary N) is 1. The lowest BCUT2D eigenvalue weighted by atomic mass is 9.93. The van der Waals surface area contributed by atoms with E-state index in [0.29, 0.717) is 11.1 Å². The van der Waals surface area contributed by atoms with E-state index >= 15 is 0 Å². The second-order valence-electron chi connectivity index (χ2n) is 6.18. The molecule has 0 amide bonds. The van der Waals surface area contributed by atoms with E-state index in [2.05, 4.69) is 0 Å². The van der Waals surface area contributed by atoms with Gasteiger partial charge in [-0.05, 0) is 28.8 Å². The van der Waals surface area contributed by atoms with E-state index in [1.807, 2.05) is 4.98 Å². The summed E-state index contributed by atoms with van der Waals surface area (Å²) in [4.78, 5) is 48.2. The summed E-state index contributed by atoms with van der Waals surface area (Å²) in [5.74, 6) is -6.01. The highest BCUT2D eigenvalue weighted by Gasteiger charge is 2.26. The van der Waals surface area contributed by atoms with Gasteiger partial charge in [-0.2, -0.15) is 0 Å². The Morgan fingerprint density at radius 1 is 0.800 bits per heavy atom. The van der Waals surface area contributed by atoms with Gasteiger partial charge in [0.25, 0.3) is 5.56 Å². The maximum absolute atomic E-state index is 13.9. The second kappa shape index (κ2) is 7.51. The second-order valence-corrected chi connectivity index (χ2v) is 6.18. The predicted molar refractivity (Wildman–Crippen MR) is 103 cm³/mol. The Kier molecular flexibility index (Phi) is 5.07. The molecular formula is C20H13FN2O7. The minimum Gasteiger partial charge on any atom is -0.478 e. The number of benzene rings is 2. The summed E-state index contributed by atoms with van der Waals surface area (Å²) in [6.07, 6.45) is 0. The highest BCUT2D eigenvalue weighted by atomic mass is 19.1. The number of nitrogens with one attached hydrogen (secondary N) is 1. The van der Waals surface area contributed by atoms with Crippen molar-refractivity contribution in [3.8, 4) is 22.3 Å². The first kappa shape index (κ1) is 20.3. The topological polar surface area (TPSA) is 171 Å². The number of hydrogen-bond acceptors (Lipinski definition) is 5. The molecule has 0 radical (unpaired) electrons. The van der Waals surface area contributed by atoms with Crippen LogP contribution in [0.15, 0.2) is 47.3 Å². The van der Waals surface area contributed by atoms with Crippen molar-refractivity contribution in [1.29, 1.82) is 0 Å². The summed E-state index contributed by atoms with van der Waals surface area (Å²) in [6, 6.07) is 9.10. The van der Waals surface area contributed by atoms with Crippen molar-refractivity contribution in [2.45, 2.75) is 0 Å². The molecule has 0 fully saturated rings. The third-order valence-electron chi connectivity index (χ3n) is 4.38. The Bertz CT molecular complexity index is 1260. The summed E-state index contributed by atoms with van der Waals surface area (Å²) in [6.45, 7) is 0. The molecular weight excluding hydrogens is 399 g/mol. The molecule has 3 rings (SSSR count). The molecule has 0 aliphatic rings. The minimum absolute atomic E-state index is 0.0916. The normalized spacial score (nSPS) is 10.6. The number of nitrogen functional groups attached to an aromatic ring is 1. The molecule has 9 nitrogen and oxygen atoms in total. The number of carboxylic acids is 3. The van der Waals surface area contributed by atoms with E-state index in [4.69, 9.17) is 10.8 Å². The third kappa shape index (κ3) is 3.49. The van der Waals surface area contributed by atoms with E-state index in [1.54, 1.807) is 0 Å². The number of aromatic amines is 1. The van der Waals surface area contributed by atoms with Crippen molar-refractivity contribution in [3.63, 3.8) is 0 Å². The van der Waals surface area contributed by atoms with Gasteiger partial charge in [0.2, 0.25) is 0 Å². The van der Waals surface area contributed by atoms with Crippen LogP contribution in [0.2, 0.25) is 0 Å². The zero-order chi connectivity index (χ0) is 22.2. The van der Waals surface area contributed by atoms with Crippen LogP contribution in [0, 0.1) is 5.82 Å². The van der Waals surface area contributed by atoms with E-state index in [-0.39, 0.29) is 11.1 Å². The first-order valence-corrected chi connectivity index (χ1v) is 8.27. The van der Waals surface area contributed by atoms with Gasteiger partial charge >= 0.3 is 17.9 Å². The lowest BCUT2D eigenvalue weighted by Crippen LogP contribution is -2.24. The van der Waals surface area contributed by atoms with Gasteiger partial charge in [0, 0.05) is 5.56 Å². The van der Waals surface area contributed by atoms with E-state index in [1.165, 1.54) is 30.3 Å². The molecule has 0 atom stereocenters. The van der Waals surface area contributed by atoms with Gasteiger partial charge in [-0.25, -0.2) is 18.8 Å². The number of aromatic nitrogens is 1. The third-order valence-corrected chi connectivity index (χ3v) is 4.38. The van der Waals surface area contributed by atoms with Gasteiger partial charge in [-0.1, -0.05) is 30.3 Å². The molecule has 0 saturated heterocycles. The maximum Gasteiger partial charge on any atom is 0.342 e. The summed E-state index contributed by atoms with van der Waals surface area (Å²) in [7, 11) is 0. The summed E-state index contributed by atoms with van der Waals surface area (Å²) >= 11 is 0. The number of carbonyl (C=O) groups is 3. The highest BCUT2D eigenvalue weighted by molar-refractivity contribution is 6.07. The summed E-state index contributed by atoms with van der Waals surface area (Å²) < 4.78 is 13.9. The molecule has 0 aliphatic heterocycles. The van der Waals surface area contributed by atoms with E-state index < -0.39 is 51.8 Å². The molecule has 1 heterocycles. The molecule has 30 heavy (non-hydrogen) atoms. The molecule has 0 saturated carbocycles. The van der Waals surface area contributed by atoms with Crippen LogP contribution in [0.3, 0.4) is 0 Å². The SMILES string of the molecule is Nc1[nH]c(=O)c(C(=O)O)c(-c2ccc(-c3ccc(C(=O)O)c(F)c3)cc2)c1C(=O)O. The van der Waals surface area contributed by atoms with Crippen LogP contribution in [-0.4, -0.2) is 38.2 Å². The summed E-state index contributed by atoms with van der Waals surface area (Å²) in [5, 5.41) is 27.8. The molecule has 1 aromatic heterocycles. The zero-order valence-corrected chi connectivity index (χ0v) is 15.0. The number of halogens is 1. The van der Waals surface area contributed by atoms with Gasteiger partial charge in [-0.3, -0.25) is 4.79 Å². The van der Waals surface area contributed by atoms with Crippen LogP contribution in [0.5, 0.6) is 0 Å². The number of aromatic carboxylic acids is 3. The van der Waals surface area contributed by atoms with Crippen molar-refractivity contribution >= 4 is 23.7 Å². The quantitative estimate of drug-likeness (QED) is 0.425. The fourth-order valence-corrected chi connectivity index (χ4v) is 3.03. The van der Waals surface area contributed by atoms with Gasteiger partial charge in [-0.15, -0.1) is 0 Å². The Hall–Kier alpha value is -4.47. The minimum atomic E-state index is -1.64. The molecule has 0 unspecified atom stereocenters. The first-order chi connectivity index (χ1) is 14.1. The monoisotopic (exact) mass is 412 g/mol. The lowest BCUT2D eigenvalue weighted by Gasteiger charge is -2.13. The van der Waals surface area contributed by atoms with Crippen molar-refractivity contribution in [1.82, 2.24) is 4.98 Å². The number of carboxylic acid groups (broad SMARTS) is 3. The average Bonchev–Trinajstić information content (AvgIpc) is 2.66. The van der Waals surface area contributed by atoms with E-state index in [0.717, 1.165) is 12.1 Å².